The number of thioether (sulfide) groups is 1. The fourth-order valence-electron chi connectivity index (χ4n) is 1.72. The van der Waals surface area contributed by atoms with Crippen LogP contribution in [-0.4, -0.2) is 18.1 Å². The van der Waals surface area contributed by atoms with Gasteiger partial charge >= 0.3 is 0 Å². The van der Waals surface area contributed by atoms with E-state index in [0.717, 1.165) is 25.0 Å². The second kappa shape index (κ2) is 5.92. The predicted molar refractivity (Wildman–Crippen MR) is 70.2 cm³/mol. The maximum absolute atomic E-state index is 11.9. The van der Waals surface area contributed by atoms with E-state index in [0.29, 0.717) is 5.75 Å². The van der Waals surface area contributed by atoms with Gasteiger partial charge in [0.15, 0.2) is 5.78 Å². The molecule has 0 atom stereocenters. The Labute approximate surface area is 106 Å². The number of aryl methyl sites for hydroxylation is 1. The summed E-state index contributed by atoms with van der Waals surface area (Å²) in [6.45, 7) is 2.80. The number of hydrogen-bond donors (Lipinski definition) is 0. The summed E-state index contributed by atoms with van der Waals surface area (Å²) in [5.74, 6) is 0.693. The van der Waals surface area contributed by atoms with Gasteiger partial charge in [-0.1, -0.05) is 18.2 Å². The molecule has 0 amide bonds. The Kier molecular flexibility index (Phi) is 4.26. The van der Waals surface area contributed by atoms with Crippen molar-refractivity contribution in [3.63, 3.8) is 0 Å². The third-order valence-corrected chi connectivity index (χ3v) is 3.92. The van der Waals surface area contributed by atoms with Crippen LogP contribution in [0.2, 0.25) is 0 Å². The lowest BCUT2D eigenvalue weighted by Crippen LogP contribution is -2.10. The summed E-state index contributed by atoms with van der Waals surface area (Å²) in [6, 6.07) is 8.14. The van der Waals surface area contributed by atoms with E-state index in [1.165, 1.54) is 10.5 Å². The average Bonchev–Trinajstić information content (AvgIpc) is 2.38. The van der Waals surface area contributed by atoms with Crippen LogP contribution in [0.15, 0.2) is 41.0 Å². The van der Waals surface area contributed by atoms with Crippen LogP contribution in [-0.2, 0) is 9.53 Å². The van der Waals surface area contributed by atoms with Crippen molar-refractivity contribution in [2.45, 2.75) is 24.7 Å². The summed E-state index contributed by atoms with van der Waals surface area (Å²) >= 11 is 1.60. The van der Waals surface area contributed by atoms with Gasteiger partial charge in [-0.2, -0.15) is 0 Å². The highest BCUT2D eigenvalue weighted by Gasteiger charge is 2.13. The van der Waals surface area contributed by atoms with Gasteiger partial charge in [0.25, 0.3) is 0 Å². The molecule has 0 radical (unpaired) electrons. The summed E-state index contributed by atoms with van der Waals surface area (Å²) in [5, 5.41) is 0. The molecule has 0 saturated heterocycles. The van der Waals surface area contributed by atoms with Crippen LogP contribution < -0.4 is 0 Å². The first kappa shape index (κ1) is 12.2. The van der Waals surface area contributed by atoms with Crippen molar-refractivity contribution in [3.8, 4) is 0 Å². The summed E-state index contributed by atoms with van der Waals surface area (Å²) in [5.41, 5.74) is 2.05. The number of ether oxygens (including phenoxy) is 1. The molecular formula is C14H16O2S. The van der Waals surface area contributed by atoms with Crippen LogP contribution >= 0.6 is 11.8 Å². The zero-order valence-corrected chi connectivity index (χ0v) is 10.8. The Bertz CT molecular complexity index is 438. The molecular weight excluding hydrogens is 232 g/mol. The van der Waals surface area contributed by atoms with E-state index in [-0.39, 0.29) is 5.78 Å². The summed E-state index contributed by atoms with van der Waals surface area (Å²) in [6.07, 6.45) is 3.43. The van der Waals surface area contributed by atoms with Crippen LogP contribution in [0.5, 0.6) is 0 Å². The van der Waals surface area contributed by atoms with Crippen LogP contribution in [0.1, 0.15) is 18.4 Å². The molecule has 3 heteroatoms. The van der Waals surface area contributed by atoms with Crippen LogP contribution in [0.3, 0.4) is 0 Å². The minimum atomic E-state index is 0.193. The van der Waals surface area contributed by atoms with Crippen molar-refractivity contribution in [1.82, 2.24) is 0 Å². The van der Waals surface area contributed by atoms with Gasteiger partial charge in [-0.05, 0) is 31.4 Å². The first-order valence-electron chi connectivity index (χ1n) is 5.79. The Morgan fingerprint density at radius 1 is 1.41 bits per heavy atom. The number of carbonyl (C=O) groups is 1. The van der Waals surface area contributed by atoms with E-state index < -0.39 is 0 Å². The molecule has 0 unspecified atom stereocenters. The molecule has 1 aliphatic heterocycles. The van der Waals surface area contributed by atoms with Gasteiger partial charge in [-0.15, -0.1) is 11.8 Å². The summed E-state index contributed by atoms with van der Waals surface area (Å²) in [7, 11) is 0. The minimum Gasteiger partial charge on any atom is -0.501 e. The molecule has 2 rings (SSSR count). The fourth-order valence-corrected chi connectivity index (χ4v) is 2.67. The first-order valence-corrected chi connectivity index (χ1v) is 6.78. The number of Topliss-reactive ketones (excluding diaryl/α,β-unsaturated/α-hetero) is 1. The number of hydrogen-bond acceptors (Lipinski definition) is 3. The SMILES string of the molecule is Cc1ccccc1SCC(=O)C1=COCCC1. The first-order chi connectivity index (χ1) is 8.27. The molecule has 0 bridgehead atoms. The largest absolute Gasteiger partial charge is 0.501 e. The summed E-state index contributed by atoms with van der Waals surface area (Å²) in [4.78, 5) is 13.1. The van der Waals surface area contributed by atoms with E-state index in [1.54, 1.807) is 18.0 Å². The molecule has 1 aliphatic rings. The van der Waals surface area contributed by atoms with Gasteiger partial charge in [-0.25, -0.2) is 0 Å². The van der Waals surface area contributed by atoms with Crippen molar-refractivity contribution in [2.24, 2.45) is 0 Å². The highest BCUT2D eigenvalue weighted by Crippen LogP contribution is 2.23. The number of rotatable bonds is 4. The van der Waals surface area contributed by atoms with Gasteiger partial charge in [0.05, 0.1) is 18.6 Å². The van der Waals surface area contributed by atoms with Crippen molar-refractivity contribution in [2.75, 3.05) is 12.4 Å². The molecule has 2 nitrogen and oxygen atoms in total. The van der Waals surface area contributed by atoms with Gasteiger partial charge < -0.3 is 4.74 Å². The molecule has 1 aromatic rings. The van der Waals surface area contributed by atoms with E-state index in [1.807, 2.05) is 12.1 Å². The van der Waals surface area contributed by atoms with E-state index in [9.17, 15) is 4.79 Å². The van der Waals surface area contributed by atoms with E-state index in [2.05, 4.69) is 19.1 Å². The van der Waals surface area contributed by atoms with Crippen LogP contribution in [0.4, 0.5) is 0 Å². The Morgan fingerprint density at radius 2 is 2.24 bits per heavy atom. The van der Waals surface area contributed by atoms with E-state index in [4.69, 9.17) is 4.74 Å². The van der Waals surface area contributed by atoms with Crippen LogP contribution in [0, 0.1) is 6.92 Å². The molecule has 0 saturated carbocycles. The normalized spacial score (nSPS) is 15.0. The Morgan fingerprint density at radius 3 is 2.94 bits per heavy atom. The smallest absolute Gasteiger partial charge is 0.172 e. The molecule has 17 heavy (non-hydrogen) atoms. The number of allylic oxidation sites excluding steroid dienone is 1. The summed E-state index contributed by atoms with van der Waals surface area (Å²) < 4.78 is 5.19. The lowest BCUT2D eigenvalue weighted by molar-refractivity contribution is -0.113. The third-order valence-electron chi connectivity index (χ3n) is 2.74. The quantitative estimate of drug-likeness (QED) is 0.764. The molecule has 0 spiro atoms. The van der Waals surface area contributed by atoms with Crippen LogP contribution in [0.25, 0.3) is 0 Å². The van der Waals surface area contributed by atoms with Gasteiger partial charge in [0, 0.05) is 10.5 Å². The Balaban J connectivity index is 1.92. The van der Waals surface area contributed by atoms with Crippen molar-refractivity contribution in [1.29, 1.82) is 0 Å². The topological polar surface area (TPSA) is 26.3 Å². The number of ketones is 1. The fraction of sp³-hybridized carbons (Fsp3) is 0.357. The minimum absolute atomic E-state index is 0.193. The lowest BCUT2D eigenvalue weighted by atomic mass is 10.1. The average molecular weight is 248 g/mol. The molecule has 1 heterocycles. The molecule has 0 aromatic heterocycles. The lowest BCUT2D eigenvalue weighted by Gasteiger charge is -2.12. The van der Waals surface area contributed by atoms with E-state index >= 15 is 0 Å². The molecule has 90 valence electrons. The molecule has 0 fully saturated rings. The zero-order chi connectivity index (χ0) is 12.1. The second-order valence-corrected chi connectivity index (χ2v) is 5.11. The molecule has 0 aliphatic carbocycles. The maximum atomic E-state index is 11.9. The monoisotopic (exact) mass is 248 g/mol. The maximum Gasteiger partial charge on any atom is 0.172 e. The second-order valence-electron chi connectivity index (χ2n) is 4.09. The highest BCUT2D eigenvalue weighted by atomic mass is 32.2. The molecule has 1 aromatic carbocycles. The van der Waals surface area contributed by atoms with Gasteiger partial charge in [0.2, 0.25) is 0 Å². The van der Waals surface area contributed by atoms with Crippen molar-refractivity contribution >= 4 is 17.5 Å². The third kappa shape index (κ3) is 3.37. The standard InChI is InChI=1S/C14H16O2S/c1-11-5-2-3-7-14(11)17-10-13(15)12-6-4-8-16-9-12/h2-3,5,7,9H,4,6,8,10H2,1H3. The Hall–Kier alpha value is -1.22. The predicted octanol–water partition coefficient (Wildman–Crippen LogP) is 3.35. The zero-order valence-electron chi connectivity index (χ0n) is 9.94. The van der Waals surface area contributed by atoms with Gasteiger partial charge in [0.1, 0.15) is 0 Å². The number of carbonyl (C=O) groups excluding carboxylic acids is 1. The highest BCUT2D eigenvalue weighted by molar-refractivity contribution is 8.00. The number of benzene rings is 1. The molecule has 0 N–H and O–H groups in total. The van der Waals surface area contributed by atoms with Crippen molar-refractivity contribution in [3.05, 3.63) is 41.7 Å². The van der Waals surface area contributed by atoms with Crippen molar-refractivity contribution < 1.29 is 9.53 Å². The van der Waals surface area contributed by atoms with Gasteiger partial charge in [-0.3, -0.25) is 4.79 Å².